The van der Waals surface area contributed by atoms with E-state index in [1.807, 2.05) is 32.0 Å². The maximum absolute atomic E-state index is 6.05. The van der Waals surface area contributed by atoms with Gasteiger partial charge in [0.25, 0.3) is 0 Å². The minimum atomic E-state index is 0. The second-order valence-electron chi connectivity index (χ2n) is 5.63. The largest absolute Gasteiger partial charge is 0.494 e. The molecule has 8 heteroatoms. The van der Waals surface area contributed by atoms with E-state index < -0.39 is 0 Å². The topological polar surface area (TPSA) is 81.8 Å². The fraction of sp³-hybridized carbons (Fsp3) is 0.474. The second-order valence-corrected chi connectivity index (χ2v) is 6.92. The van der Waals surface area contributed by atoms with Crippen LogP contribution in [0.5, 0.6) is 11.5 Å². The molecule has 3 N–H and O–H groups in total. The third kappa shape index (κ3) is 7.17. The highest BCUT2D eigenvalue weighted by atomic mass is 127. The molecule has 1 heterocycles. The van der Waals surface area contributed by atoms with E-state index in [2.05, 4.69) is 29.1 Å². The molecule has 0 unspecified atom stereocenters. The molecule has 0 aliphatic heterocycles. The molecule has 27 heavy (non-hydrogen) atoms. The number of benzene rings is 1. The number of ether oxygens (including phenoxy) is 2. The normalized spacial score (nSPS) is 11.0. The van der Waals surface area contributed by atoms with E-state index in [-0.39, 0.29) is 24.0 Å². The molecule has 0 aliphatic carbocycles. The molecule has 6 nitrogen and oxygen atoms in total. The average Bonchev–Trinajstić information content (AvgIpc) is 2.97. The molecule has 0 atom stereocenters. The van der Waals surface area contributed by atoms with Gasteiger partial charge in [0, 0.05) is 23.9 Å². The number of halogens is 1. The molecule has 1 aromatic carbocycles. The van der Waals surface area contributed by atoms with Crippen molar-refractivity contribution in [1.82, 2.24) is 4.98 Å². The molecule has 2 rings (SSSR count). The van der Waals surface area contributed by atoms with Crippen molar-refractivity contribution in [2.24, 2.45) is 10.7 Å². The lowest BCUT2D eigenvalue weighted by Gasteiger charge is -2.13. The minimum Gasteiger partial charge on any atom is -0.494 e. The zero-order valence-electron chi connectivity index (χ0n) is 16.4. The standard InChI is InChI=1S/C19H28N4O2S.HI/c1-5-15-13(4)26-18(22-15)10-11-21-19(20)23-16-12-14(24-6-2)8-9-17(16)25-7-3;/h8-9,12H,5-7,10-11H2,1-4H3,(H3,20,21,23);1H. The summed E-state index contributed by atoms with van der Waals surface area (Å²) >= 11 is 1.73. The molecule has 0 amide bonds. The third-order valence-corrected chi connectivity index (χ3v) is 4.78. The highest BCUT2D eigenvalue weighted by Gasteiger charge is 2.08. The Morgan fingerprint density at radius 3 is 2.59 bits per heavy atom. The van der Waals surface area contributed by atoms with Crippen LogP contribution in [0, 0.1) is 6.92 Å². The van der Waals surface area contributed by atoms with E-state index in [4.69, 9.17) is 15.2 Å². The fourth-order valence-electron chi connectivity index (χ4n) is 2.52. The summed E-state index contributed by atoms with van der Waals surface area (Å²) in [7, 11) is 0. The molecule has 0 spiro atoms. The fourth-order valence-corrected chi connectivity index (χ4v) is 3.53. The van der Waals surface area contributed by atoms with Gasteiger partial charge in [0.15, 0.2) is 5.96 Å². The Bertz CT molecular complexity index is 749. The third-order valence-electron chi connectivity index (χ3n) is 3.70. The summed E-state index contributed by atoms with van der Waals surface area (Å²) in [5, 5.41) is 4.22. The number of nitrogens with two attached hydrogens (primary N) is 1. The number of guanidine groups is 1. The first kappa shape index (κ1) is 23.5. The number of thiazole rings is 1. The van der Waals surface area contributed by atoms with Crippen LogP contribution in [0.15, 0.2) is 23.2 Å². The van der Waals surface area contributed by atoms with E-state index in [9.17, 15) is 0 Å². The van der Waals surface area contributed by atoms with Crippen molar-refractivity contribution in [3.63, 3.8) is 0 Å². The number of rotatable bonds is 9. The van der Waals surface area contributed by atoms with Gasteiger partial charge in [0.05, 0.1) is 29.6 Å². The van der Waals surface area contributed by atoms with Gasteiger partial charge >= 0.3 is 0 Å². The van der Waals surface area contributed by atoms with E-state index in [0.29, 0.717) is 25.7 Å². The summed E-state index contributed by atoms with van der Waals surface area (Å²) in [5.41, 5.74) is 7.97. The number of hydrogen-bond acceptors (Lipinski definition) is 5. The van der Waals surface area contributed by atoms with Crippen molar-refractivity contribution in [1.29, 1.82) is 0 Å². The van der Waals surface area contributed by atoms with Gasteiger partial charge in [-0.3, -0.25) is 4.99 Å². The number of nitrogens with zero attached hydrogens (tertiary/aromatic N) is 2. The smallest absolute Gasteiger partial charge is 0.193 e. The maximum atomic E-state index is 6.05. The minimum absolute atomic E-state index is 0. The Morgan fingerprint density at radius 1 is 1.22 bits per heavy atom. The molecule has 1 aromatic heterocycles. The van der Waals surface area contributed by atoms with Gasteiger partial charge in [0.2, 0.25) is 0 Å². The van der Waals surface area contributed by atoms with Crippen LogP contribution < -0.4 is 20.5 Å². The Balaban J connectivity index is 0.00000364. The van der Waals surface area contributed by atoms with Crippen LogP contribution >= 0.6 is 35.3 Å². The first-order chi connectivity index (χ1) is 12.6. The van der Waals surface area contributed by atoms with Gasteiger partial charge in [-0.05, 0) is 39.3 Å². The van der Waals surface area contributed by atoms with E-state index >= 15 is 0 Å². The first-order valence-corrected chi connectivity index (χ1v) is 9.80. The van der Waals surface area contributed by atoms with Gasteiger partial charge in [0.1, 0.15) is 11.5 Å². The molecule has 0 bridgehead atoms. The summed E-state index contributed by atoms with van der Waals surface area (Å²) in [6.45, 7) is 9.89. The molecule has 0 saturated heterocycles. The molecular weight excluding hydrogens is 475 g/mol. The molecule has 2 aromatic rings. The summed E-state index contributed by atoms with van der Waals surface area (Å²) < 4.78 is 11.2. The number of anilines is 1. The van der Waals surface area contributed by atoms with Gasteiger partial charge in [-0.2, -0.15) is 0 Å². The predicted octanol–water partition coefficient (Wildman–Crippen LogP) is 4.40. The highest BCUT2D eigenvalue weighted by molar-refractivity contribution is 14.0. The summed E-state index contributed by atoms with van der Waals surface area (Å²) in [6, 6.07) is 5.62. The summed E-state index contributed by atoms with van der Waals surface area (Å²) in [4.78, 5) is 10.3. The lowest BCUT2D eigenvalue weighted by Crippen LogP contribution is -2.23. The van der Waals surface area contributed by atoms with E-state index in [1.54, 1.807) is 11.3 Å². The maximum Gasteiger partial charge on any atom is 0.193 e. The Hall–Kier alpha value is -1.55. The van der Waals surface area contributed by atoms with Crippen LogP contribution in [0.2, 0.25) is 0 Å². The SMILES string of the molecule is CCOc1ccc(OCC)c(NC(N)=NCCc2nc(CC)c(C)s2)c1.I. The first-order valence-electron chi connectivity index (χ1n) is 8.99. The van der Waals surface area contributed by atoms with Crippen molar-refractivity contribution in [2.45, 2.75) is 40.5 Å². The van der Waals surface area contributed by atoms with Crippen molar-refractivity contribution >= 4 is 47.0 Å². The Labute approximate surface area is 182 Å². The molecule has 0 aliphatic rings. The van der Waals surface area contributed by atoms with Crippen LogP contribution in [-0.2, 0) is 12.8 Å². The zero-order chi connectivity index (χ0) is 18.9. The van der Waals surface area contributed by atoms with E-state index in [0.717, 1.165) is 35.0 Å². The zero-order valence-corrected chi connectivity index (χ0v) is 19.5. The highest BCUT2D eigenvalue weighted by Crippen LogP contribution is 2.29. The van der Waals surface area contributed by atoms with Gasteiger partial charge in [-0.1, -0.05) is 6.92 Å². The van der Waals surface area contributed by atoms with E-state index in [1.165, 1.54) is 10.6 Å². The lowest BCUT2D eigenvalue weighted by atomic mass is 10.2. The van der Waals surface area contributed by atoms with Gasteiger partial charge < -0.3 is 20.5 Å². The number of aryl methyl sites for hydroxylation is 2. The number of hydrogen-bond donors (Lipinski definition) is 2. The molecule has 0 radical (unpaired) electrons. The quantitative estimate of drug-likeness (QED) is 0.301. The number of aromatic nitrogens is 1. The monoisotopic (exact) mass is 504 g/mol. The summed E-state index contributed by atoms with van der Waals surface area (Å²) in [5.74, 6) is 1.83. The van der Waals surface area contributed by atoms with Crippen LogP contribution in [0.3, 0.4) is 0 Å². The van der Waals surface area contributed by atoms with Crippen LogP contribution in [-0.4, -0.2) is 30.7 Å². The number of aliphatic imine (C=N–C) groups is 1. The van der Waals surface area contributed by atoms with Crippen molar-refractivity contribution in [3.8, 4) is 11.5 Å². The molecule has 0 saturated carbocycles. The number of nitrogens with one attached hydrogen (secondary N) is 1. The van der Waals surface area contributed by atoms with Crippen LogP contribution in [0.25, 0.3) is 0 Å². The lowest BCUT2D eigenvalue weighted by molar-refractivity contribution is 0.332. The van der Waals surface area contributed by atoms with Crippen molar-refractivity contribution in [3.05, 3.63) is 33.8 Å². The molecular formula is C19H29IN4O2S. The van der Waals surface area contributed by atoms with Crippen molar-refractivity contribution in [2.75, 3.05) is 25.1 Å². The van der Waals surface area contributed by atoms with Crippen LogP contribution in [0.1, 0.15) is 36.3 Å². The van der Waals surface area contributed by atoms with Gasteiger partial charge in [-0.25, -0.2) is 4.98 Å². The van der Waals surface area contributed by atoms with Crippen LogP contribution in [0.4, 0.5) is 5.69 Å². The Morgan fingerprint density at radius 2 is 1.96 bits per heavy atom. The van der Waals surface area contributed by atoms with Gasteiger partial charge in [-0.15, -0.1) is 35.3 Å². The molecule has 150 valence electrons. The average molecular weight is 504 g/mol. The molecule has 0 fully saturated rings. The van der Waals surface area contributed by atoms with Crippen molar-refractivity contribution < 1.29 is 9.47 Å². The predicted molar refractivity (Wildman–Crippen MR) is 124 cm³/mol. The second kappa shape index (κ2) is 12.0. The Kier molecular flexibility index (Phi) is 10.5. The summed E-state index contributed by atoms with van der Waals surface area (Å²) in [6.07, 6.45) is 1.75.